The second kappa shape index (κ2) is 6.86. The van der Waals surface area contributed by atoms with E-state index in [-0.39, 0.29) is 34.7 Å². The van der Waals surface area contributed by atoms with Crippen LogP contribution in [0.25, 0.3) is 0 Å². The fraction of sp³-hybridized carbons (Fsp3) is 0.696. The van der Waals surface area contributed by atoms with Crippen LogP contribution in [0.1, 0.15) is 66.4 Å². The Morgan fingerprint density at radius 1 is 1.28 bits per heavy atom. The molecule has 1 aromatic carbocycles. The minimum Gasteiger partial charge on any atom is -1.00 e. The van der Waals surface area contributed by atoms with E-state index < -0.39 is 5.91 Å². The van der Waals surface area contributed by atoms with Gasteiger partial charge in [0, 0.05) is 36.8 Å². The topological polar surface area (TPSA) is 72.5 Å². The first-order chi connectivity index (χ1) is 13.4. The molecule has 1 heterocycles. The molecule has 160 valence electrons. The summed E-state index contributed by atoms with van der Waals surface area (Å²) in [6, 6.07) is 4.17. The molecule has 5 rings (SSSR count). The van der Waals surface area contributed by atoms with Crippen molar-refractivity contribution in [1.29, 1.82) is 0 Å². The number of ether oxygens (including phenoxy) is 1. The standard InChI is InChI=1S/C23H32N2O3.ClH/c1-25(14-15-5-6-15)12-11-22-9-3-4-10-23(22,28-2)18(25)13-16-7-8-17(21(24)27)20(26)19(16)22;/h7-8,15,18H,3-6,9-14H2,1-2H3,(H2-,24,26,27);1H/t18?,22?,23-,25+;/m1./s1. The van der Waals surface area contributed by atoms with Crippen molar-refractivity contribution in [2.45, 2.75) is 68.4 Å². The molecule has 2 unspecified atom stereocenters. The summed E-state index contributed by atoms with van der Waals surface area (Å²) < 4.78 is 7.59. The Balaban J connectivity index is 0.00000205. The van der Waals surface area contributed by atoms with Gasteiger partial charge >= 0.3 is 0 Å². The summed E-state index contributed by atoms with van der Waals surface area (Å²) in [4.78, 5) is 11.9. The van der Waals surface area contributed by atoms with Gasteiger partial charge in [-0.25, -0.2) is 0 Å². The van der Waals surface area contributed by atoms with E-state index in [1.165, 1.54) is 31.4 Å². The Kier molecular flexibility index (Phi) is 4.96. The predicted octanol–water partition coefficient (Wildman–Crippen LogP) is -0.123. The number of benzene rings is 1. The van der Waals surface area contributed by atoms with Crippen molar-refractivity contribution in [3.8, 4) is 5.75 Å². The zero-order chi connectivity index (χ0) is 19.7. The Morgan fingerprint density at radius 3 is 2.66 bits per heavy atom. The van der Waals surface area contributed by atoms with E-state index in [2.05, 4.69) is 7.05 Å². The number of aromatic hydroxyl groups is 1. The summed E-state index contributed by atoms with van der Waals surface area (Å²) in [6.07, 6.45) is 9.00. The van der Waals surface area contributed by atoms with Crippen LogP contribution < -0.4 is 18.1 Å². The van der Waals surface area contributed by atoms with Crippen molar-refractivity contribution in [3.05, 3.63) is 28.8 Å². The van der Waals surface area contributed by atoms with Gasteiger partial charge in [-0.05, 0) is 37.3 Å². The molecule has 6 heteroatoms. The number of nitrogens with zero attached hydrogens (tertiary/aromatic N) is 1. The van der Waals surface area contributed by atoms with Gasteiger partial charge in [-0.3, -0.25) is 4.79 Å². The molecule has 0 aromatic heterocycles. The first-order valence-electron chi connectivity index (χ1n) is 10.9. The second-order valence-electron chi connectivity index (χ2n) is 10.0. The van der Waals surface area contributed by atoms with Gasteiger partial charge in [0.2, 0.25) is 0 Å². The third-order valence-corrected chi connectivity index (χ3v) is 8.71. The van der Waals surface area contributed by atoms with E-state index in [1.807, 2.05) is 13.2 Å². The van der Waals surface area contributed by atoms with Crippen LogP contribution in [0.15, 0.2) is 12.1 Å². The first-order valence-corrected chi connectivity index (χ1v) is 10.9. The normalized spacial score (nSPS) is 37.8. The third-order valence-electron chi connectivity index (χ3n) is 8.71. The van der Waals surface area contributed by atoms with Gasteiger partial charge in [0.15, 0.2) is 0 Å². The van der Waals surface area contributed by atoms with Crippen LogP contribution in [0.2, 0.25) is 0 Å². The maximum absolute atomic E-state index is 11.9. The smallest absolute Gasteiger partial charge is 0.252 e. The van der Waals surface area contributed by atoms with Gasteiger partial charge in [0.05, 0.1) is 25.7 Å². The summed E-state index contributed by atoms with van der Waals surface area (Å²) in [7, 11) is 4.31. The predicted molar refractivity (Wildman–Crippen MR) is 107 cm³/mol. The number of quaternary nitrogens is 1. The lowest BCUT2D eigenvalue weighted by Gasteiger charge is -2.66. The highest BCUT2D eigenvalue weighted by molar-refractivity contribution is 5.96. The molecule has 3 N–H and O–H groups in total. The second-order valence-corrected chi connectivity index (χ2v) is 10.0. The van der Waals surface area contributed by atoms with Crippen LogP contribution in [0.5, 0.6) is 5.75 Å². The number of halogens is 1. The number of carbonyl (C=O) groups excluding carboxylic acids is 1. The van der Waals surface area contributed by atoms with Crippen molar-refractivity contribution in [1.82, 2.24) is 0 Å². The zero-order valence-electron chi connectivity index (χ0n) is 17.5. The minimum absolute atomic E-state index is 0. The Morgan fingerprint density at radius 2 is 2.00 bits per heavy atom. The fourth-order valence-corrected chi connectivity index (χ4v) is 7.33. The monoisotopic (exact) mass is 420 g/mol. The first kappa shape index (κ1) is 21.0. The molecule has 2 saturated carbocycles. The number of piperidine rings is 1. The molecular formula is C23H33ClN2O3. The van der Waals surface area contributed by atoms with Gasteiger partial charge in [0.25, 0.3) is 5.91 Å². The number of likely N-dealkylation sites (tertiary alicyclic amines) is 1. The Labute approximate surface area is 179 Å². The van der Waals surface area contributed by atoms with Crippen molar-refractivity contribution < 1.29 is 31.5 Å². The minimum atomic E-state index is -0.553. The van der Waals surface area contributed by atoms with Crippen LogP contribution in [-0.4, -0.2) is 54.4 Å². The van der Waals surface area contributed by atoms with Crippen LogP contribution in [0.4, 0.5) is 0 Å². The van der Waals surface area contributed by atoms with Crippen molar-refractivity contribution in [2.75, 3.05) is 27.2 Å². The number of phenols is 1. The molecule has 3 aliphatic carbocycles. The van der Waals surface area contributed by atoms with E-state index in [0.29, 0.717) is 6.04 Å². The number of methoxy groups -OCH3 is 1. The summed E-state index contributed by atoms with van der Waals surface area (Å²) in [5.41, 5.74) is 7.52. The SMILES string of the molecule is CO[C@@]12CCCCC13CC[N@@+](C)(CC1CC1)C2Cc1ccc(C(N)=O)c(O)c13.[Cl-]. The molecule has 1 amide bonds. The average molecular weight is 421 g/mol. The van der Waals surface area contributed by atoms with Crippen LogP contribution >= 0.6 is 0 Å². The van der Waals surface area contributed by atoms with Gasteiger partial charge in [0.1, 0.15) is 17.4 Å². The summed E-state index contributed by atoms with van der Waals surface area (Å²) in [5, 5.41) is 11.2. The highest BCUT2D eigenvalue weighted by atomic mass is 35.5. The molecule has 4 aliphatic rings. The van der Waals surface area contributed by atoms with Crippen molar-refractivity contribution in [3.63, 3.8) is 0 Å². The molecule has 5 nitrogen and oxygen atoms in total. The molecule has 3 fully saturated rings. The quantitative estimate of drug-likeness (QED) is 0.667. The van der Waals surface area contributed by atoms with Gasteiger partial charge in [-0.1, -0.05) is 18.9 Å². The molecule has 29 heavy (non-hydrogen) atoms. The molecule has 1 aromatic rings. The van der Waals surface area contributed by atoms with Gasteiger partial charge < -0.3 is 32.5 Å². The van der Waals surface area contributed by atoms with E-state index in [9.17, 15) is 9.90 Å². The summed E-state index contributed by atoms with van der Waals surface area (Å²) >= 11 is 0. The number of hydrogen-bond donors (Lipinski definition) is 2. The number of amides is 1. The number of hydrogen-bond acceptors (Lipinski definition) is 3. The lowest BCUT2D eigenvalue weighted by Crippen LogP contribution is -3.00. The number of primary amides is 1. The lowest BCUT2D eigenvalue weighted by molar-refractivity contribution is -0.950. The molecule has 0 spiro atoms. The number of nitrogens with two attached hydrogens (primary N) is 1. The summed E-state index contributed by atoms with van der Waals surface area (Å²) in [6.45, 7) is 2.36. The maximum Gasteiger partial charge on any atom is 0.252 e. The van der Waals surface area contributed by atoms with E-state index in [0.717, 1.165) is 54.6 Å². The molecule has 0 radical (unpaired) electrons. The average Bonchev–Trinajstić information content (AvgIpc) is 3.48. The molecule has 1 aliphatic heterocycles. The molecule has 2 bridgehead atoms. The lowest BCUT2D eigenvalue weighted by atomic mass is 9.48. The Hall–Kier alpha value is -1.30. The Bertz CT molecular complexity index is 842. The number of fused-ring (bicyclic) bond motifs is 1. The van der Waals surface area contributed by atoms with Crippen molar-refractivity contribution >= 4 is 5.91 Å². The zero-order valence-corrected chi connectivity index (χ0v) is 18.3. The van der Waals surface area contributed by atoms with Gasteiger partial charge in [-0.2, -0.15) is 0 Å². The van der Waals surface area contributed by atoms with E-state index in [4.69, 9.17) is 10.5 Å². The maximum atomic E-state index is 11.9. The molecule has 4 atom stereocenters. The molecule has 1 saturated heterocycles. The third kappa shape index (κ3) is 2.70. The van der Waals surface area contributed by atoms with Crippen LogP contribution in [0, 0.1) is 5.92 Å². The molecular weight excluding hydrogens is 388 g/mol. The van der Waals surface area contributed by atoms with Crippen molar-refractivity contribution in [2.24, 2.45) is 11.7 Å². The number of likely N-dealkylation sites (N-methyl/N-ethyl adjacent to an activating group) is 1. The van der Waals surface area contributed by atoms with Gasteiger partial charge in [-0.15, -0.1) is 0 Å². The summed E-state index contributed by atoms with van der Waals surface area (Å²) in [5.74, 6) is 0.426. The fourth-order valence-electron chi connectivity index (χ4n) is 7.33. The largest absolute Gasteiger partial charge is 1.00 e. The van der Waals surface area contributed by atoms with E-state index in [1.54, 1.807) is 6.07 Å². The van der Waals surface area contributed by atoms with Crippen LogP contribution in [-0.2, 0) is 16.6 Å². The highest BCUT2D eigenvalue weighted by Gasteiger charge is 2.70. The number of rotatable bonds is 4. The van der Waals surface area contributed by atoms with E-state index >= 15 is 0 Å². The number of carbonyl (C=O) groups is 1. The van der Waals surface area contributed by atoms with Crippen LogP contribution in [0.3, 0.4) is 0 Å². The highest BCUT2D eigenvalue weighted by Crippen LogP contribution is 2.63.